The molecule has 5 nitrogen and oxygen atoms in total. The van der Waals surface area contributed by atoms with Crippen molar-refractivity contribution in [3.8, 4) is 0 Å². The average Bonchev–Trinajstić information content (AvgIpc) is 2.36. The molecule has 1 fully saturated rings. The van der Waals surface area contributed by atoms with E-state index in [0.717, 1.165) is 13.1 Å². The van der Waals surface area contributed by atoms with Crippen LogP contribution < -0.4 is 5.32 Å². The van der Waals surface area contributed by atoms with E-state index in [2.05, 4.69) is 11.9 Å². The van der Waals surface area contributed by atoms with Crippen LogP contribution in [0.2, 0.25) is 0 Å². The van der Waals surface area contributed by atoms with Crippen LogP contribution in [0.5, 0.6) is 0 Å². The molecule has 1 heterocycles. The Labute approximate surface area is 96.1 Å². The Balaban J connectivity index is 2.58. The van der Waals surface area contributed by atoms with Crippen LogP contribution in [0.25, 0.3) is 0 Å². The lowest BCUT2D eigenvalue weighted by atomic mass is 10.2. The Morgan fingerprint density at radius 1 is 1.44 bits per heavy atom. The summed E-state index contributed by atoms with van der Waals surface area (Å²) in [7, 11) is 1.62. The Kier molecular flexibility index (Phi) is 4.49. The maximum Gasteiger partial charge on any atom is 0.246 e. The van der Waals surface area contributed by atoms with Gasteiger partial charge in [0.05, 0.1) is 0 Å². The standard InChI is InChI=1S/C11H19N3O2/c1-4-10(15)13(3)9(2)11(16)14-7-5-12-6-8-14/h4,9,12H,1,5-8H2,2-3H3. The van der Waals surface area contributed by atoms with E-state index in [1.54, 1.807) is 18.9 Å². The molecule has 90 valence electrons. The number of hydrogen-bond acceptors (Lipinski definition) is 3. The second-order valence-electron chi connectivity index (χ2n) is 3.90. The number of nitrogens with one attached hydrogen (secondary N) is 1. The van der Waals surface area contributed by atoms with Gasteiger partial charge < -0.3 is 15.1 Å². The fourth-order valence-corrected chi connectivity index (χ4v) is 1.65. The molecular weight excluding hydrogens is 206 g/mol. The van der Waals surface area contributed by atoms with Crippen LogP contribution in [-0.4, -0.2) is 60.9 Å². The average molecular weight is 225 g/mol. The molecule has 2 amide bonds. The van der Waals surface area contributed by atoms with Crippen LogP contribution in [-0.2, 0) is 9.59 Å². The molecule has 0 aliphatic carbocycles. The molecule has 0 spiro atoms. The summed E-state index contributed by atoms with van der Waals surface area (Å²) < 4.78 is 0. The lowest BCUT2D eigenvalue weighted by Gasteiger charge is -2.32. The van der Waals surface area contributed by atoms with Crippen molar-refractivity contribution in [1.29, 1.82) is 0 Å². The molecule has 1 unspecified atom stereocenters. The normalized spacial score (nSPS) is 17.8. The van der Waals surface area contributed by atoms with Gasteiger partial charge in [0.1, 0.15) is 6.04 Å². The van der Waals surface area contributed by atoms with E-state index in [1.165, 1.54) is 11.0 Å². The Morgan fingerprint density at radius 3 is 2.50 bits per heavy atom. The van der Waals surface area contributed by atoms with E-state index < -0.39 is 6.04 Å². The SMILES string of the molecule is C=CC(=O)N(C)C(C)C(=O)N1CCNCC1. The van der Waals surface area contributed by atoms with Gasteiger partial charge in [-0.05, 0) is 13.0 Å². The Hall–Kier alpha value is -1.36. The van der Waals surface area contributed by atoms with Gasteiger partial charge in [0.25, 0.3) is 0 Å². The van der Waals surface area contributed by atoms with Crippen molar-refractivity contribution >= 4 is 11.8 Å². The molecule has 1 aliphatic heterocycles. The van der Waals surface area contributed by atoms with Crippen LogP contribution >= 0.6 is 0 Å². The number of carbonyl (C=O) groups excluding carboxylic acids is 2. The van der Waals surface area contributed by atoms with Gasteiger partial charge in [-0.3, -0.25) is 9.59 Å². The van der Waals surface area contributed by atoms with Crippen LogP contribution in [0.15, 0.2) is 12.7 Å². The van der Waals surface area contributed by atoms with Crippen molar-refractivity contribution in [2.24, 2.45) is 0 Å². The third-order valence-corrected chi connectivity index (χ3v) is 2.89. The minimum atomic E-state index is -0.427. The largest absolute Gasteiger partial charge is 0.338 e. The highest BCUT2D eigenvalue weighted by Crippen LogP contribution is 2.04. The van der Waals surface area contributed by atoms with Gasteiger partial charge in [-0.1, -0.05) is 6.58 Å². The highest BCUT2D eigenvalue weighted by Gasteiger charge is 2.26. The first kappa shape index (κ1) is 12.7. The van der Waals surface area contributed by atoms with Crippen molar-refractivity contribution in [3.05, 3.63) is 12.7 Å². The second-order valence-corrected chi connectivity index (χ2v) is 3.90. The Bertz CT molecular complexity index is 285. The number of likely N-dealkylation sites (N-methyl/N-ethyl adjacent to an activating group) is 1. The molecule has 5 heteroatoms. The minimum Gasteiger partial charge on any atom is -0.338 e. The Morgan fingerprint density at radius 2 is 2.00 bits per heavy atom. The number of piperazine rings is 1. The summed E-state index contributed by atoms with van der Waals surface area (Å²) in [5.74, 6) is -0.227. The first-order valence-electron chi connectivity index (χ1n) is 5.46. The van der Waals surface area contributed by atoms with E-state index in [1.807, 2.05) is 0 Å². The topological polar surface area (TPSA) is 52.7 Å². The summed E-state index contributed by atoms with van der Waals surface area (Å²) in [6.07, 6.45) is 1.22. The lowest BCUT2D eigenvalue weighted by molar-refractivity contribution is -0.142. The number of rotatable bonds is 3. The fraction of sp³-hybridized carbons (Fsp3) is 0.636. The van der Waals surface area contributed by atoms with E-state index in [0.29, 0.717) is 13.1 Å². The molecule has 0 bridgehead atoms. The van der Waals surface area contributed by atoms with Crippen molar-refractivity contribution in [3.63, 3.8) is 0 Å². The van der Waals surface area contributed by atoms with Gasteiger partial charge in [0.15, 0.2) is 0 Å². The molecule has 0 aromatic rings. The van der Waals surface area contributed by atoms with Crippen molar-refractivity contribution < 1.29 is 9.59 Å². The summed E-state index contributed by atoms with van der Waals surface area (Å²) in [6, 6.07) is -0.427. The van der Waals surface area contributed by atoms with Crippen molar-refractivity contribution in [1.82, 2.24) is 15.1 Å². The predicted molar refractivity (Wildman–Crippen MR) is 61.9 cm³/mol. The van der Waals surface area contributed by atoms with Gasteiger partial charge in [0.2, 0.25) is 11.8 Å². The molecule has 1 N–H and O–H groups in total. The highest BCUT2D eigenvalue weighted by molar-refractivity contribution is 5.92. The number of hydrogen-bond donors (Lipinski definition) is 1. The smallest absolute Gasteiger partial charge is 0.246 e. The summed E-state index contributed by atoms with van der Waals surface area (Å²) >= 11 is 0. The van der Waals surface area contributed by atoms with E-state index in [-0.39, 0.29) is 11.8 Å². The van der Waals surface area contributed by atoms with Crippen LogP contribution in [0.1, 0.15) is 6.92 Å². The molecule has 1 saturated heterocycles. The summed E-state index contributed by atoms with van der Waals surface area (Å²) in [5, 5.41) is 3.18. The molecule has 1 aliphatic rings. The third kappa shape index (κ3) is 2.82. The molecule has 16 heavy (non-hydrogen) atoms. The maximum atomic E-state index is 12.0. The van der Waals surface area contributed by atoms with Crippen LogP contribution in [0.3, 0.4) is 0 Å². The van der Waals surface area contributed by atoms with Gasteiger partial charge in [-0.15, -0.1) is 0 Å². The van der Waals surface area contributed by atoms with Crippen LogP contribution in [0, 0.1) is 0 Å². The molecular formula is C11H19N3O2. The number of nitrogens with zero attached hydrogens (tertiary/aromatic N) is 2. The molecule has 0 aromatic carbocycles. The molecule has 1 rings (SSSR count). The zero-order valence-corrected chi connectivity index (χ0v) is 9.90. The summed E-state index contributed by atoms with van der Waals surface area (Å²) in [4.78, 5) is 26.6. The van der Waals surface area contributed by atoms with Crippen molar-refractivity contribution in [2.75, 3.05) is 33.2 Å². The molecule has 1 atom stereocenters. The zero-order chi connectivity index (χ0) is 12.1. The summed E-state index contributed by atoms with van der Waals surface area (Å²) in [6.45, 7) is 8.20. The second kappa shape index (κ2) is 5.65. The van der Waals surface area contributed by atoms with Gasteiger partial charge in [-0.2, -0.15) is 0 Å². The molecule has 0 radical (unpaired) electrons. The first-order chi connectivity index (χ1) is 7.57. The maximum absolute atomic E-state index is 12.0. The summed E-state index contributed by atoms with van der Waals surface area (Å²) in [5.41, 5.74) is 0. The fourth-order valence-electron chi connectivity index (χ4n) is 1.65. The van der Waals surface area contributed by atoms with E-state index in [9.17, 15) is 9.59 Å². The third-order valence-electron chi connectivity index (χ3n) is 2.89. The van der Waals surface area contributed by atoms with Gasteiger partial charge in [0, 0.05) is 33.2 Å². The van der Waals surface area contributed by atoms with Crippen molar-refractivity contribution in [2.45, 2.75) is 13.0 Å². The van der Waals surface area contributed by atoms with Crippen LogP contribution in [0.4, 0.5) is 0 Å². The quantitative estimate of drug-likeness (QED) is 0.656. The first-order valence-corrected chi connectivity index (χ1v) is 5.46. The molecule has 0 aromatic heterocycles. The van der Waals surface area contributed by atoms with Gasteiger partial charge >= 0.3 is 0 Å². The minimum absolute atomic E-state index is 0.000741. The molecule has 0 saturated carbocycles. The lowest BCUT2D eigenvalue weighted by Crippen LogP contribution is -2.53. The van der Waals surface area contributed by atoms with E-state index >= 15 is 0 Å². The van der Waals surface area contributed by atoms with E-state index in [4.69, 9.17) is 0 Å². The predicted octanol–water partition coefficient (Wildman–Crippen LogP) is -0.549. The highest BCUT2D eigenvalue weighted by atomic mass is 16.2. The zero-order valence-electron chi connectivity index (χ0n) is 9.90. The monoisotopic (exact) mass is 225 g/mol. The number of amides is 2. The van der Waals surface area contributed by atoms with Gasteiger partial charge in [-0.25, -0.2) is 0 Å². The number of carbonyl (C=O) groups is 2.